The molecule has 0 radical (unpaired) electrons. The molecule has 0 atom stereocenters. The maximum Gasteiger partial charge on any atom is 0.121 e. The van der Waals surface area contributed by atoms with Gasteiger partial charge < -0.3 is 15.0 Å². The quantitative estimate of drug-likeness (QED) is 0.747. The van der Waals surface area contributed by atoms with E-state index in [0.29, 0.717) is 0 Å². The molecule has 4 heteroatoms. The number of methoxy groups -OCH3 is 1. The van der Waals surface area contributed by atoms with E-state index in [1.165, 1.54) is 0 Å². The predicted octanol–water partition coefficient (Wildman–Crippen LogP) is 3.24. The number of hydrogen-bond donors (Lipinski definition) is 1. The molecule has 21 heavy (non-hydrogen) atoms. The fourth-order valence-electron chi connectivity index (χ4n) is 2.64. The molecule has 4 nitrogen and oxygen atoms in total. The molecule has 0 unspecified atom stereocenters. The van der Waals surface area contributed by atoms with Crippen LogP contribution in [0.4, 0.5) is 5.69 Å². The second-order valence-corrected chi connectivity index (χ2v) is 5.00. The van der Waals surface area contributed by atoms with Crippen LogP contribution < -0.4 is 10.5 Å². The zero-order chi connectivity index (χ0) is 14.8. The Labute approximate surface area is 124 Å². The molecule has 0 saturated heterocycles. The number of imidazole rings is 1. The maximum atomic E-state index is 6.04. The van der Waals surface area contributed by atoms with Crippen molar-refractivity contribution >= 4 is 16.7 Å². The summed E-state index contributed by atoms with van der Waals surface area (Å²) in [4.78, 5) is 4.76. The zero-order valence-corrected chi connectivity index (χ0v) is 12.3. The summed E-state index contributed by atoms with van der Waals surface area (Å²) in [6, 6.07) is 13.9. The molecule has 0 spiro atoms. The van der Waals surface area contributed by atoms with Crippen molar-refractivity contribution in [3.8, 4) is 5.75 Å². The molecule has 108 valence electrons. The molecule has 2 aromatic carbocycles. The lowest BCUT2D eigenvalue weighted by Gasteiger charge is -2.08. The molecule has 0 aliphatic heterocycles. The van der Waals surface area contributed by atoms with Gasteiger partial charge >= 0.3 is 0 Å². The Bertz CT molecular complexity index is 777. The first-order valence-corrected chi connectivity index (χ1v) is 7.09. The van der Waals surface area contributed by atoms with Crippen molar-refractivity contribution in [2.75, 3.05) is 12.8 Å². The minimum atomic E-state index is 0.734. The number of rotatable bonds is 4. The number of hydrogen-bond acceptors (Lipinski definition) is 3. The first kappa shape index (κ1) is 13.5. The number of aryl methyl sites for hydroxylation is 1. The van der Waals surface area contributed by atoms with E-state index < -0.39 is 0 Å². The van der Waals surface area contributed by atoms with E-state index in [-0.39, 0.29) is 0 Å². The molecular weight excluding hydrogens is 262 g/mol. The van der Waals surface area contributed by atoms with Gasteiger partial charge in [0.2, 0.25) is 0 Å². The Morgan fingerprint density at radius 1 is 1.19 bits per heavy atom. The number of fused-ring (bicyclic) bond motifs is 1. The van der Waals surface area contributed by atoms with Crippen LogP contribution in [-0.2, 0) is 13.0 Å². The van der Waals surface area contributed by atoms with Crippen LogP contribution in [0.5, 0.6) is 5.75 Å². The standard InChI is InChI=1S/C17H19N3O/c1-3-20-16-9-8-13(21-2)11-15(16)19-17(20)10-12-6-4-5-7-14(12)18/h4-9,11H,3,10,18H2,1-2H3. The van der Waals surface area contributed by atoms with E-state index >= 15 is 0 Å². The van der Waals surface area contributed by atoms with Crippen LogP contribution in [0.3, 0.4) is 0 Å². The fourth-order valence-corrected chi connectivity index (χ4v) is 2.64. The van der Waals surface area contributed by atoms with E-state index in [1.807, 2.05) is 30.3 Å². The van der Waals surface area contributed by atoms with Crippen molar-refractivity contribution in [3.05, 3.63) is 53.9 Å². The van der Waals surface area contributed by atoms with Crippen LogP contribution in [-0.4, -0.2) is 16.7 Å². The molecule has 3 aromatic rings. The van der Waals surface area contributed by atoms with E-state index in [9.17, 15) is 0 Å². The van der Waals surface area contributed by atoms with Crippen LogP contribution in [0.1, 0.15) is 18.3 Å². The zero-order valence-electron chi connectivity index (χ0n) is 12.3. The van der Waals surface area contributed by atoms with Crippen molar-refractivity contribution < 1.29 is 4.74 Å². The molecule has 1 aromatic heterocycles. The number of nitrogens with two attached hydrogens (primary N) is 1. The lowest BCUT2D eigenvalue weighted by atomic mass is 10.1. The van der Waals surface area contributed by atoms with Crippen LogP contribution in [0.25, 0.3) is 11.0 Å². The summed E-state index contributed by atoms with van der Waals surface area (Å²) in [5.41, 5.74) is 10.0. The van der Waals surface area contributed by atoms with Gasteiger partial charge in [-0.15, -0.1) is 0 Å². The average Bonchev–Trinajstić information content (AvgIpc) is 2.85. The van der Waals surface area contributed by atoms with Gasteiger partial charge in [0, 0.05) is 24.7 Å². The molecule has 2 N–H and O–H groups in total. The third-order valence-corrected chi connectivity index (χ3v) is 3.75. The summed E-state index contributed by atoms with van der Waals surface area (Å²) in [5, 5.41) is 0. The molecule has 0 bridgehead atoms. The van der Waals surface area contributed by atoms with Crippen molar-refractivity contribution in [3.63, 3.8) is 0 Å². The van der Waals surface area contributed by atoms with Crippen molar-refractivity contribution in [2.45, 2.75) is 19.9 Å². The molecule has 0 amide bonds. The third-order valence-electron chi connectivity index (χ3n) is 3.75. The first-order chi connectivity index (χ1) is 10.2. The van der Waals surface area contributed by atoms with Crippen LogP contribution in [0.2, 0.25) is 0 Å². The summed E-state index contributed by atoms with van der Waals surface area (Å²) >= 11 is 0. The van der Waals surface area contributed by atoms with Gasteiger partial charge in [-0.25, -0.2) is 4.98 Å². The second kappa shape index (κ2) is 5.48. The number of ether oxygens (including phenoxy) is 1. The van der Waals surface area contributed by atoms with Gasteiger partial charge in [0.05, 0.1) is 18.1 Å². The number of anilines is 1. The smallest absolute Gasteiger partial charge is 0.121 e. The summed E-state index contributed by atoms with van der Waals surface area (Å²) in [7, 11) is 1.67. The third kappa shape index (κ3) is 2.44. The van der Waals surface area contributed by atoms with Crippen LogP contribution >= 0.6 is 0 Å². The average molecular weight is 281 g/mol. The van der Waals surface area contributed by atoms with Crippen molar-refractivity contribution in [2.24, 2.45) is 0 Å². The summed E-state index contributed by atoms with van der Waals surface area (Å²) in [5.74, 6) is 1.85. The Hall–Kier alpha value is -2.49. The molecule has 0 fully saturated rings. The Morgan fingerprint density at radius 2 is 2.00 bits per heavy atom. The number of aromatic nitrogens is 2. The molecular formula is C17H19N3O. The molecule has 0 saturated carbocycles. The van der Waals surface area contributed by atoms with Gasteiger partial charge in [-0.2, -0.15) is 0 Å². The molecule has 3 rings (SSSR count). The van der Waals surface area contributed by atoms with E-state index in [1.54, 1.807) is 7.11 Å². The van der Waals surface area contributed by atoms with Gasteiger partial charge in [0.15, 0.2) is 0 Å². The number of para-hydroxylation sites is 1. The van der Waals surface area contributed by atoms with Gasteiger partial charge in [-0.1, -0.05) is 18.2 Å². The number of nitrogens with zero attached hydrogens (tertiary/aromatic N) is 2. The molecule has 0 aliphatic carbocycles. The molecule has 0 aliphatic rings. The SMILES string of the molecule is CCn1c(Cc2ccccc2N)nc2cc(OC)ccc21. The highest BCUT2D eigenvalue weighted by atomic mass is 16.5. The fraction of sp³-hybridized carbons (Fsp3) is 0.235. The molecule has 1 heterocycles. The van der Waals surface area contributed by atoms with Crippen molar-refractivity contribution in [1.82, 2.24) is 9.55 Å². The number of nitrogen functional groups attached to an aromatic ring is 1. The van der Waals surface area contributed by atoms with E-state index in [0.717, 1.165) is 46.8 Å². The highest BCUT2D eigenvalue weighted by Gasteiger charge is 2.12. The predicted molar refractivity (Wildman–Crippen MR) is 85.6 cm³/mol. The van der Waals surface area contributed by atoms with E-state index in [2.05, 4.69) is 23.6 Å². The Balaban J connectivity index is 2.07. The van der Waals surface area contributed by atoms with Crippen LogP contribution in [0.15, 0.2) is 42.5 Å². The van der Waals surface area contributed by atoms with Gasteiger partial charge in [-0.05, 0) is 30.7 Å². The highest BCUT2D eigenvalue weighted by Crippen LogP contribution is 2.24. The maximum absolute atomic E-state index is 6.04. The summed E-state index contributed by atoms with van der Waals surface area (Å²) in [6.45, 7) is 3.01. The minimum absolute atomic E-state index is 0.734. The monoisotopic (exact) mass is 281 g/mol. The summed E-state index contributed by atoms with van der Waals surface area (Å²) < 4.78 is 7.50. The lowest BCUT2D eigenvalue weighted by Crippen LogP contribution is -2.04. The largest absolute Gasteiger partial charge is 0.497 e. The van der Waals surface area contributed by atoms with Gasteiger partial charge in [0.25, 0.3) is 0 Å². The Morgan fingerprint density at radius 3 is 2.71 bits per heavy atom. The lowest BCUT2D eigenvalue weighted by molar-refractivity contribution is 0.415. The second-order valence-electron chi connectivity index (χ2n) is 5.00. The van der Waals surface area contributed by atoms with E-state index in [4.69, 9.17) is 15.5 Å². The Kier molecular flexibility index (Phi) is 3.52. The van der Waals surface area contributed by atoms with Gasteiger partial charge in [-0.3, -0.25) is 0 Å². The first-order valence-electron chi connectivity index (χ1n) is 7.09. The van der Waals surface area contributed by atoms with Gasteiger partial charge in [0.1, 0.15) is 11.6 Å². The summed E-state index contributed by atoms with van der Waals surface area (Å²) in [6.07, 6.45) is 0.734. The minimum Gasteiger partial charge on any atom is -0.497 e. The highest BCUT2D eigenvalue weighted by molar-refractivity contribution is 5.78. The van der Waals surface area contributed by atoms with Crippen molar-refractivity contribution in [1.29, 1.82) is 0 Å². The topological polar surface area (TPSA) is 53.1 Å². The normalized spacial score (nSPS) is 11.0. The van der Waals surface area contributed by atoms with Crippen LogP contribution in [0, 0.1) is 0 Å². The number of benzene rings is 2.